The summed E-state index contributed by atoms with van der Waals surface area (Å²) in [5, 5.41) is 0. The van der Waals surface area contributed by atoms with Gasteiger partial charge >= 0.3 is 11.9 Å². The van der Waals surface area contributed by atoms with Crippen LogP contribution in [0.2, 0.25) is 0 Å². The number of hydrogen-bond acceptors (Lipinski definition) is 4. The summed E-state index contributed by atoms with van der Waals surface area (Å²) in [6, 6.07) is 17.2. The average Bonchev–Trinajstić information content (AvgIpc) is 2.61. The Morgan fingerprint density at radius 2 is 1.67 bits per heavy atom. The van der Waals surface area contributed by atoms with Gasteiger partial charge in [-0.3, -0.25) is 4.79 Å². The van der Waals surface area contributed by atoms with Gasteiger partial charge in [-0.2, -0.15) is 0 Å². The normalized spacial score (nSPS) is 11.4. The van der Waals surface area contributed by atoms with Crippen molar-refractivity contribution in [2.75, 3.05) is 6.61 Å². The summed E-state index contributed by atoms with van der Waals surface area (Å²) in [6.07, 6.45) is 1.46. The maximum atomic E-state index is 12.0. The van der Waals surface area contributed by atoms with Crippen molar-refractivity contribution < 1.29 is 19.1 Å². The van der Waals surface area contributed by atoms with Gasteiger partial charge in [-0.15, -0.1) is 0 Å². The summed E-state index contributed by atoms with van der Waals surface area (Å²) in [6.45, 7) is 5.08. The van der Waals surface area contributed by atoms with E-state index in [1.807, 2.05) is 42.5 Å². The van der Waals surface area contributed by atoms with Gasteiger partial charge in [0.2, 0.25) is 0 Å². The first-order chi connectivity index (χ1) is 11.6. The lowest BCUT2D eigenvalue weighted by atomic mass is 10.0. The van der Waals surface area contributed by atoms with Crippen LogP contribution in [-0.2, 0) is 14.3 Å². The number of benzene rings is 2. The monoisotopic (exact) mass is 324 g/mol. The Kier molecular flexibility index (Phi) is 6.32. The fourth-order valence-electron chi connectivity index (χ4n) is 2.22. The van der Waals surface area contributed by atoms with Crippen LogP contribution in [-0.4, -0.2) is 24.6 Å². The van der Waals surface area contributed by atoms with Gasteiger partial charge < -0.3 is 9.47 Å². The predicted octanol–water partition coefficient (Wildman–Crippen LogP) is 4.02. The molecule has 2 rings (SSSR count). The molecule has 124 valence electrons. The van der Waals surface area contributed by atoms with Gasteiger partial charge in [-0.25, -0.2) is 4.79 Å². The predicted molar refractivity (Wildman–Crippen MR) is 92.5 cm³/mol. The van der Waals surface area contributed by atoms with Gasteiger partial charge in [0.25, 0.3) is 0 Å². The lowest BCUT2D eigenvalue weighted by Gasteiger charge is -2.12. The molecule has 0 amide bonds. The van der Waals surface area contributed by atoms with E-state index in [1.165, 1.54) is 13.0 Å². The number of ether oxygens (including phenoxy) is 2. The molecule has 0 heterocycles. The van der Waals surface area contributed by atoms with E-state index in [1.54, 1.807) is 12.1 Å². The summed E-state index contributed by atoms with van der Waals surface area (Å²) >= 11 is 0. The van der Waals surface area contributed by atoms with Crippen molar-refractivity contribution in [2.45, 2.75) is 19.4 Å². The van der Waals surface area contributed by atoms with Gasteiger partial charge in [0.1, 0.15) is 6.10 Å². The zero-order chi connectivity index (χ0) is 17.4. The molecule has 0 fully saturated rings. The molecule has 0 aliphatic heterocycles. The quantitative estimate of drug-likeness (QED) is 0.570. The Bertz CT molecular complexity index is 689. The van der Waals surface area contributed by atoms with E-state index in [4.69, 9.17) is 9.47 Å². The largest absolute Gasteiger partial charge is 0.462 e. The van der Waals surface area contributed by atoms with E-state index < -0.39 is 12.1 Å². The Labute approximate surface area is 141 Å². The van der Waals surface area contributed by atoms with Crippen LogP contribution < -0.4 is 0 Å². The molecule has 0 radical (unpaired) electrons. The van der Waals surface area contributed by atoms with Crippen LogP contribution in [0.15, 0.2) is 67.3 Å². The third-order valence-electron chi connectivity index (χ3n) is 3.44. The summed E-state index contributed by atoms with van der Waals surface area (Å²) in [5.74, 6) is -0.789. The third kappa shape index (κ3) is 5.09. The molecule has 2 aromatic rings. The molecule has 0 aliphatic carbocycles. The van der Waals surface area contributed by atoms with Crippen molar-refractivity contribution in [3.8, 4) is 11.1 Å². The van der Waals surface area contributed by atoms with E-state index in [2.05, 4.69) is 6.58 Å². The molecule has 0 saturated heterocycles. The molecule has 0 aliphatic rings. The van der Waals surface area contributed by atoms with Gasteiger partial charge in [0, 0.05) is 13.3 Å². The third-order valence-corrected chi connectivity index (χ3v) is 3.44. The SMILES string of the molecule is C=CC(CCOC(=O)c1ccc(-c2ccccc2)cc1)OC(C)=O. The second-order valence-electron chi connectivity index (χ2n) is 5.25. The summed E-state index contributed by atoms with van der Waals surface area (Å²) in [5.41, 5.74) is 2.61. The van der Waals surface area contributed by atoms with E-state index >= 15 is 0 Å². The molecule has 0 spiro atoms. The number of hydrogen-bond donors (Lipinski definition) is 0. The zero-order valence-corrected chi connectivity index (χ0v) is 13.6. The lowest BCUT2D eigenvalue weighted by Crippen LogP contribution is -2.17. The van der Waals surface area contributed by atoms with Gasteiger partial charge in [-0.05, 0) is 23.3 Å². The highest BCUT2D eigenvalue weighted by molar-refractivity contribution is 5.90. The minimum atomic E-state index is -0.448. The molecule has 0 saturated carbocycles. The highest BCUT2D eigenvalue weighted by atomic mass is 16.6. The van der Waals surface area contributed by atoms with Crippen LogP contribution in [0.4, 0.5) is 0 Å². The highest BCUT2D eigenvalue weighted by Gasteiger charge is 2.11. The summed E-state index contributed by atoms with van der Waals surface area (Å²) in [7, 11) is 0. The summed E-state index contributed by atoms with van der Waals surface area (Å²) < 4.78 is 10.2. The van der Waals surface area contributed by atoms with E-state index in [9.17, 15) is 9.59 Å². The molecule has 4 nitrogen and oxygen atoms in total. The van der Waals surface area contributed by atoms with E-state index in [-0.39, 0.29) is 12.6 Å². The van der Waals surface area contributed by atoms with Crippen LogP contribution >= 0.6 is 0 Å². The fourth-order valence-corrected chi connectivity index (χ4v) is 2.22. The van der Waals surface area contributed by atoms with Crippen molar-refractivity contribution in [1.29, 1.82) is 0 Å². The molecular formula is C20H20O4. The second kappa shape index (κ2) is 8.67. The maximum Gasteiger partial charge on any atom is 0.338 e. The maximum absolute atomic E-state index is 12.0. The molecule has 1 unspecified atom stereocenters. The molecule has 1 atom stereocenters. The van der Waals surface area contributed by atoms with Crippen LogP contribution in [0, 0.1) is 0 Å². The fraction of sp³-hybridized carbons (Fsp3) is 0.200. The number of carbonyl (C=O) groups excluding carboxylic acids is 2. The minimum absolute atomic E-state index is 0.156. The molecule has 0 aromatic heterocycles. The van der Waals surface area contributed by atoms with Crippen LogP contribution in [0.1, 0.15) is 23.7 Å². The Morgan fingerprint density at radius 3 is 2.25 bits per heavy atom. The van der Waals surface area contributed by atoms with Crippen molar-refractivity contribution in [3.05, 3.63) is 72.8 Å². The first-order valence-electron chi connectivity index (χ1n) is 7.72. The smallest absolute Gasteiger partial charge is 0.338 e. The van der Waals surface area contributed by atoms with Crippen LogP contribution in [0.25, 0.3) is 11.1 Å². The molecule has 0 bridgehead atoms. The van der Waals surface area contributed by atoms with E-state index in [0.717, 1.165) is 11.1 Å². The topological polar surface area (TPSA) is 52.6 Å². The lowest BCUT2D eigenvalue weighted by molar-refractivity contribution is -0.144. The minimum Gasteiger partial charge on any atom is -0.462 e. The number of rotatable bonds is 7. The van der Waals surface area contributed by atoms with Crippen molar-refractivity contribution in [2.24, 2.45) is 0 Å². The standard InChI is InChI=1S/C20H20O4/c1-3-19(24-15(2)21)13-14-23-20(22)18-11-9-17(10-12-18)16-7-5-4-6-8-16/h3-12,19H,1,13-14H2,2H3. The molecular weight excluding hydrogens is 304 g/mol. The van der Waals surface area contributed by atoms with Crippen LogP contribution in [0.5, 0.6) is 0 Å². The second-order valence-corrected chi connectivity index (χ2v) is 5.25. The molecule has 24 heavy (non-hydrogen) atoms. The van der Waals surface area contributed by atoms with Crippen molar-refractivity contribution in [3.63, 3.8) is 0 Å². The summed E-state index contributed by atoms with van der Waals surface area (Å²) in [4.78, 5) is 22.9. The zero-order valence-electron chi connectivity index (χ0n) is 13.6. The van der Waals surface area contributed by atoms with E-state index in [0.29, 0.717) is 12.0 Å². The Morgan fingerprint density at radius 1 is 1.04 bits per heavy atom. The van der Waals surface area contributed by atoms with Crippen molar-refractivity contribution in [1.82, 2.24) is 0 Å². The Balaban J connectivity index is 1.89. The first kappa shape index (κ1) is 17.5. The van der Waals surface area contributed by atoms with Gasteiger partial charge in [0.15, 0.2) is 0 Å². The Hall–Kier alpha value is -2.88. The molecule has 4 heteroatoms. The van der Waals surface area contributed by atoms with Gasteiger partial charge in [-0.1, -0.05) is 55.1 Å². The average molecular weight is 324 g/mol. The van der Waals surface area contributed by atoms with Crippen molar-refractivity contribution >= 4 is 11.9 Å². The molecule has 2 aromatic carbocycles. The van der Waals surface area contributed by atoms with Gasteiger partial charge in [0.05, 0.1) is 12.2 Å². The van der Waals surface area contributed by atoms with Crippen LogP contribution in [0.3, 0.4) is 0 Å². The first-order valence-corrected chi connectivity index (χ1v) is 7.72. The molecule has 0 N–H and O–H groups in total. The highest BCUT2D eigenvalue weighted by Crippen LogP contribution is 2.19. The number of carbonyl (C=O) groups is 2. The number of esters is 2.